The van der Waals surface area contributed by atoms with Crippen LogP contribution < -0.4 is 11.1 Å². The van der Waals surface area contributed by atoms with E-state index in [-0.39, 0.29) is 29.9 Å². The molecule has 1 amide bonds. The molecular weight excluding hydrogens is 260 g/mol. The van der Waals surface area contributed by atoms with Gasteiger partial charge in [-0.25, -0.2) is 0 Å². The summed E-state index contributed by atoms with van der Waals surface area (Å²) in [6.45, 7) is 4.45. The number of benzene rings is 1. The molecule has 0 radical (unpaired) electrons. The Morgan fingerprint density at radius 3 is 2.70 bits per heavy atom. The van der Waals surface area contributed by atoms with Gasteiger partial charge in [0, 0.05) is 18.7 Å². The molecule has 20 heavy (non-hydrogen) atoms. The molecule has 0 aliphatic heterocycles. The highest BCUT2D eigenvalue weighted by Crippen LogP contribution is 2.22. The third kappa shape index (κ3) is 4.85. The van der Waals surface area contributed by atoms with Crippen molar-refractivity contribution in [3.8, 4) is 0 Å². The number of nitrogens with zero attached hydrogens (tertiary/aromatic N) is 2. The van der Waals surface area contributed by atoms with Gasteiger partial charge in [0.25, 0.3) is 5.69 Å². The predicted octanol–water partition coefficient (Wildman–Crippen LogP) is 1.13. The number of carbonyl (C=O) groups is 1. The van der Waals surface area contributed by atoms with E-state index in [1.165, 1.54) is 12.1 Å². The highest BCUT2D eigenvalue weighted by molar-refractivity contribution is 5.78. The van der Waals surface area contributed by atoms with Crippen molar-refractivity contribution in [1.29, 1.82) is 0 Å². The molecule has 0 saturated carbocycles. The second-order valence-corrected chi connectivity index (χ2v) is 5.04. The first-order valence-corrected chi connectivity index (χ1v) is 6.30. The van der Waals surface area contributed by atoms with Gasteiger partial charge in [-0.15, -0.1) is 0 Å². The topological polar surface area (TPSA) is 102 Å². The van der Waals surface area contributed by atoms with Crippen LogP contribution in [0.1, 0.15) is 19.4 Å². The molecule has 0 spiro atoms. The van der Waals surface area contributed by atoms with Gasteiger partial charge >= 0.3 is 0 Å². The Morgan fingerprint density at radius 1 is 1.50 bits per heavy atom. The number of nitrogens with two attached hydrogens (primary N) is 1. The van der Waals surface area contributed by atoms with E-state index in [0.29, 0.717) is 6.54 Å². The average molecular weight is 280 g/mol. The van der Waals surface area contributed by atoms with E-state index in [4.69, 9.17) is 5.73 Å². The van der Waals surface area contributed by atoms with Crippen molar-refractivity contribution < 1.29 is 9.72 Å². The summed E-state index contributed by atoms with van der Waals surface area (Å²) in [4.78, 5) is 23.7. The van der Waals surface area contributed by atoms with Gasteiger partial charge in [-0.3, -0.25) is 19.8 Å². The smallest absolute Gasteiger partial charge is 0.292 e. The van der Waals surface area contributed by atoms with E-state index in [1.807, 2.05) is 13.8 Å². The Labute approximate surface area is 117 Å². The van der Waals surface area contributed by atoms with Crippen molar-refractivity contribution in [3.63, 3.8) is 0 Å². The highest BCUT2D eigenvalue weighted by atomic mass is 16.6. The Morgan fingerprint density at radius 2 is 2.15 bits per heavy atom. The lowest BCUT2D eigenvalue weighted by molar-refractivity contribution is -0.384. The lowest BCUT2D eigenvalue weighted by Crippen LogP contribution is -2.38. The minimum atomic E-state index is -0.510. The summed E-state index contributed by atoms with van der Waals surface area (Å²) in [5.74, 6) is -0.0764. The third-order valence-corrected chi connectivity index (χ3v) is 2.61. The highest BCUT2D eigenvalue weighted by Gasteiger charge is 2.14. The number of nitro benzene ring substituents is 1. The molecule has 0 bridgehead atoms. The molecule has 7 nitrogen and oxygen atoms in total. The molecule has 110 valence electrons. The zero-order chi connectivity index (χ0) is 15.3. The van der Waals surface area contributed by atoms with Gasteiger partial charge < -0.3 is 11.1 Å². The molecule has 0 fully saturated rings. The van der Waals surface area contributed by atoms with E-state index in [1.54, 1.807) is 18.0 Å². The lowest BCUT2D eigenvalue weighted by Gasteiger charge is -2.17. The molecule has 0 saturated heterocycles. The van der Waals surface area contributed by atoms with Crippen LogP contribution in [0.3, 0.4) is 0 Å². The molecule has 7 heteroatoms. The second kappa shape index (κ2) is 6.85. The minimum Gasteiger partial charge on any atom is -0.393 e. The van der Waals surface area contributed by atoms with Crippen LogP contribution in [0.2, 0.25) is 0 Å². The van der Waals surface area contributed by atoms with Crippen LogP contribution in [0.4, 0.5) is 11.4 Å². The Kier molecular flexibility index (Phi) is 5.45. The second-order valence-electron chi connectivity index (χ2n) is 5.04. The van der Waals surface area contributed by atoms with Gasteiger partial charge in [0.1, 0.15) is 5.69 Å². The molecule has 0 atom stereocenters. The summed E-state index contributed by atoms with van der Waals surface area (Å²) in [7, 11) is 1.78. The van der Waals surface area contributed by atoms with E-state index in [9.17, 15) is 14.9 Å². The van der Waals surface area contributed by atoms with Crippen molar-refractivity contribution >= 4 is 17.3 Å². The fourth-order valence-electron chi connectivity index (χ4n) is 1.83. The van der Waals surface area contributed by atoms with Crippen molar-refractivity contribution in [1.82, 2.24) is 10.2 Å². The van der Waals surface area contributed by atoms with Gasteiger partial charge in [0.05, 0.1) is 11.5 Å². The number of carbonyl (C=O) groups excluding carboxylic acids is 1. The average Bonchev–Trinajstić information content (AvgIpc) is 2.29. The number of anilines is 1. The van der Waals surface area contributed by atoms with Crippen molar-refractivity contribution in [2.75, 3.05) is 19.3 Å². The maximum absolute atomic E-state index is 11.6. The van der Waals surface area contributed by atoms with Crippen LogP contribution in [-0.2, 0) is 11.3 Å². The number of nitro groups is 1. The number of nitrogen functional groups attached to an aromatic ring is 1. The number of hydrogen-bond acceptors (Lipinski definition) is 5. The van der Waals surface area contributed by atoms with Gasteiger partial charge in [-0.05, 0) is 32.5 Å². The first-order chi connectivity index (χ1) is 9.29. The van der Waals surface area contributed by atoms with Gasteiger partial charge in [-0.1, -0.05) is 6.07 Å². The Balaban J connectivity index is 2.66. The summed E-state index contributed by atoms with van der Waals surface area (Å²) in [6, 6.07) is 4.76. The Bertz CT molecular complexity index is 502. The summed E-state index contributed by atoms with van der Waals surface area (Å²) in [5, 5.41) is 13.6. The molecule has 0 aliphatic rings. The first-order valence-electron chi connectivity index (χ1n) is 6.30. The standard InChI is InChI=1S/C13H20N4O3/c1-9(2)15-13(18)8-16(3)7-10-4-5-11(14)12(6-10)17(19)20/h4-6,9H,7-8,14H2,1-3H3,(H,15,18). The van der Waals surface area contributed by atoms with E-state index < -0.39 is 4.92 Å². The number of rotatable bonds is 6. The van der Waals surface area contributed by atoms with Gasteiger partial charge in [0.15, 0.2) is 0 Å². The van der Waals surface area contributed by atoms with Gasteiger partial charge in [0.2, 0.25) is 5.91 Å². The molecule has 0 aliphatic carbocycles. The van der Waals surface area contributed by atoms with Crippen LogP contribution in [0.15, 0.2) is 18.2 Å². The summed E-state index contributed by atoms with van der Waals surface area (Å²) >= 11 is 0. The number of hydrogen-bond donors (Lipinski definition) is 2. The van der Waals surface area contributed by atoms with E-state index in [2.05, 4.69) is 5.32 Å². The van der Waals surface area contributed by atoms with Crippen LogP contribution in [0.5, 0.6) is 0 Å². The molecule has 0 aromatic heterocycles. The minimum absolute atomic E-state index is 0.0764. The van der Waals surface area contributed by atoms with E-state index >= 15 is 0 Å². The van der Waals surface area contributed by atoms with Crippen LogP contribution >= 0.6 is 0 Å². The SMILES string of the molecule is CC(C)NC(=O)CN(C)Cc1ccc(N)c([N+](=O)[O-])c1. The monoisotopic (exact) mass is 280 g/mol. The number of nitrogens with one attached hydrogen (secondary N) is 1. The third-order valence-electron chi connectivity index (χ3n) is 2.61. The quantitative estimate of drug-likeness (QED) is 0.462. The number of amides is 1. The van der Waals surface area contributed by atoms with Crippen molar-refractivity contribution in [3.05, 3.63) is 33.9 Å². The molecule has 1 aromatic rings. The zero-order valence-corrected chi connectivity index (χ0v) is 11.9. The maximum Gasteiger partial charge on any atom is 0.292 e. The van der Waals surface area contributed by atoms with Crippen molar-refractivity contribution in [2.24, 2.45) is 0 Å². The van der Waals surface area contributed by atoms with Gasteiger partial charge in [-0.2, -0.15) is 0 Å². The van der Waals surface area contributed by atoms with E-state index in [0.717, 1.165) is 5.56 Å². The maximum atomic E-state index is 11.6. The summed E-state index contributed by atoms with van der Waals surface area (Å²) < 4.78 is 0. The summed E-state index contributed by atoms with van der Waals surface area (Å²) in [6.07, 6.45) is 0. The first kappa shape index (κ1) is 15.9. The number of likely N-dealkylation sites (N-methyl/N-ethyl adjacent to an activating group) is 1. The molecule has 1 rings (SSSR count). The summed E-state index contributed by atoms with van der Waals surface area (Å²) in [5.41, 5.74) is 6.31. The molecule has 0 heterocycles. The zero-order valence-electron chi connectivity index (χ0n) is 11.9. The molecule has 0 unspecified atom stereocenters. The fraction of sp³-hybridized carbons (Fsp3) is 0.462. The molecule has 3 N–H and O–H groups in total. The largest absolute Gasteiger partial charge is 0.393 e. The van der Waals surface area contributed by atoms with Crippen LogP contribution in [-0.4, -0.2) is 35.4 Å². The predicted molar refractivity (Wildman–Crippen MR) is 77.1 cm³/mol. The normalized spacial score (nSPS) is 10.8. The van der Waals surface area contributed by atoms with Crippen LogP contribution in [0.25, 0.3) is 0 Å². The molecular formula is C13H20N4O3. The molecule has 1 aromatic carbocycles. The van der Waals surface area contributed by atoms with Crippen molar-refractivity contribution in [2.45, 2.75) is 26.4 Å². The Hall–Kier alpha value is -2.15. The lowest BCUT2D eigenvalue weighted by atomic mass is 10.1. The fourth-order valence-corrected chi connectivity index (χ4v) is 1.83. The van der Waals surface area contributed by atoms with Crippen LogP contribution in [0, 0.1) is 10.1 Å².